The third kappa shape index (κ3) is 1.99. The van der Waals surface area contributed by atoms with Crippen LogP contribution in [0.3, 0.4) is 0 Å². The summed E-state index contributed by atoms with van der Waals surface area (Å²) < 4.78 is 4.22. The van der Waals surface area contributed by atoms with Crippen molar-refractivity contribution in [3.8, 4) is 0 Å². The molecule has 4 aliphatic rings. The second kappa shape index (κ2) is 4.28. The molecule has 1 aromatic rings. The van der Waals surface area contributed by atoms with Crippen LogP contribution in [0, 0.1) is 24.7 Å². The lowest BCUT2D eigenvalue weighted by Gasteiger charge is -2.55. The van der Waals surface area contributed by atoms with E-state index in [0.29, 0.717) is 23.6 Å². The first-order valence-corrected chi connectivity index (χ1v) is 7.93. The summed E-state index contributed by atoms with van der Waals surface area (Å²) in [5, 5.41) is 3.27. The molecule has 1 saturated carbocycles. The van der Waals surface area contributed by atoms with Crippen molar-refractivity contribution in [1.29, 1.82) is 0 Å². The average Bonchev–Trinajstić information content (AvgIpc) is 2.79. The first-order chi connectivity index (χ1) is 9.19. The lowest BCUT2D eigenvalue weighted by atomic mass is 9.65. The van der Waals surface area contributed by atoms with Crippen LogP contribution in [-0.2, 0) is 0 Å². The number of hydrogen-bond acceptors (Lipinski definition) is 4. The van der Waals surface area contributed by atoms with Gasteiger partial charge in [0.25, 0.3) is 5.91 Å². The zero-order valence-corrected chi connectivity index (χ0v) is 11.9. The van der Waals surface area contributed by atoms with Gasteiger partial charge >= 0.3 is 0 Å². The van der Waals surface area contributed by atoms with E-state index in [1.165, 1.54) is 44.0 Å². The maximum atomic E-state index is 12.3. The van der Waals surface area contributed by atoms with E-state index < -0.39 is 0 Å². The molecule has 2 unspecified atom stereocenters. The smallest absolute Gasteiger partial charge is 0.271 e. The van der Waals surface area contributed by atoms with E-state index in [2.05, 4.69) is 14.6 Å². The third-order valence-electron chi connectivity index (χ3n) is 4.95. The predicted molar refractivity (Wildman–Crippen MR) is 74.2 cm³/mol. The molecule has 1 N–H and O–H groups in total. The van der Waals surface area contributed by atoms with Gasteiger partial charge < -0.3 is 10.2 Å². The molecule has 0 aromatic carbocycles. The minimum atomic E-state index is 0.0248. The highest BCUT2D eigenvalue weighted by Crippen LogP contribution is 2.43. The normalized spacial score (nSPS) is 39.5. The lowest BCUT2D eigenvalue weighted by molar-refractivity contribution is -0.0419. The second-order valence-corrected chi connectivity index (χ2v) is 7.41. The van der Waals surface area contributed by atoms with E-state index in [-0.39, 0.29) is 5.91 Å². The summed E-state index contributed by atoms with van der Waals surface area (Å²) in [6.45, 7) is 5.63. The summed E-state index contributed by atoms with van der Waals surface area (Å²) in [7, 11) is 0. The molecule has 5 rings (SSSR count). The number of hydrogen-bond donors (Lipinski definition) is 1. The summed E-state index contributed by atoms with van der Waals surface area (Å²) in [6, 6.07) is 2.27. The number of amides is 1. The Labute approximate surface area is 117 Å². The van der Waals surface area contributed by atoms with E-state index in [1.807, 2.05) is 13.0 Å². The van der Waals surface area contributed by atoms with E-state index in [1.54, 1.807) is 0 Å². The lowest BCUT2D eigenvalue weighted by Crippen LogP contribution is -2.64. The molecule has 4 fully saturated rings. The monoisotopic (exact) mass is 277 g/mol. The highest BCUT2D eigenvalue weighted by Gasteiger charge is 2.47. The van der Waals surface area contributed by atoms with Crippen LogP contribution in [0.15, 0.2) is 6.07 Å². The van der Waals surface area contributed by atoms with E-state index >= 15 is 0 Å². The fourth-order valence-corrected chi connectivity index (χ4v) is 4.88. The molecule has 1 amide bonds. The molecule has 0 spiro atoms. The average molecular weight is 277 g/mol. The summed E-state index contributed by atoms with van der Waals surface area (Å²) in [5.41, 5.74) is 0.594. The predicted octanol–water partition coefficient (Wildman–Crippen LogP) is 1.52. The van der Waals surface area contributed by atoms with Crippen molar-refractivity contribution >= 4 is 17.4 Å². The van der Waals surface area contributed by atoms with Crippen molar-refractivity contribution in [2.24, 2.45) is 17.8 Å². The molecule has 1 aromatic heterocycles. The molecular weight excluding hydrogens is 258 g/mol. The van der Waals surface area contributed by atoms with Gasteiger partial charge in [0.2, 0.25) is 0 Å². The fourth-order valence-electron chi connectivity index (χ4n) is 4.34. The number of nitrogens with zero attached hydrogens (tertiary/aromatic N) is 2. The molecule has 2 atom stereocenters. The van der Waals surface area contributed by atoms with Gasteiger partial charge in [-0.2, -0.15) is 4.37 Å². The highest BCUT2D eigenvalue weighted by atomic mass is 32.1. The van der Waals surface area contributed by atoms with Crippen LogP contribution in [-0.4, -0.2) is 40.9 Å². The molecule has 1 aliphatic carbocycles. The van der Waals surface area contributed by atoms with Crippen molar-refractivity contribution in [2.75, 3.05) is 19.6 Å². The van der Waals surface area contributed by atoms with E-state index in [0.717, 1.165) is 10.8 Å². The Morgan fingerprint density at radius 3 is 2.68 bits per heavy atom. The number of piperidine rings is 3. The maximum Gasteiger partial charge on any atom is 0.271 e. The Morgan fingerprint density at radius 1 is 1.37 bits per heavy atom. The Hall–Kier alpha value is -0.940. The van der Waals surface area contributed by atoms with Crippen molar-refractivity contribution < 1.29 is 4.79 Å². The van der Waals surface area contributed by atoms with Gasteiger partial charge in [-0.05, 0) is 55.1 Å². The molecule has 4 heterocycles. The molecule has 0 radical (unpaired) electrons. The standard InChI is InChI=1S/C14H19N3OS/c1-8-2-12(16-19-8)14(18)15-13-10-3-9-4-11(13)7-17(5-9)6-10/h2,9-11,13H,3-7H2,1H3,(H,15,18). The first-order valence-electron chi connectivity index (χ1n) is 7.15. The fraction of sp³-hybridized carbons (Fsp3) is 0.714. The number of nitrogens with one attached hydrogen (secondary N) is 1. The zero-order valence-electron chi connectivity index (χ0n) is 11.1. The molecule has 3 saturated heterocycles. The minimum absolute atomic E-state index is 0.0248. The quantitative estimate of drug-likeness (QED) is 0.891. The van der Waals surface area contributed by atoms with Gasteiger partial charge in [0.05, 0.1) is 0 Å². The minimum Gasteiger partial charge on any atom is -0.347 e. The van der Waals surface area contributed by atoms with Gasteiger partial charge in [0, 0.05) is 30.6 Å². The summed E-state index contributed by atoms with van der Waals surface area (Å²) in [4.78, 5) is 16.0. The SMILES string of the molecule is Cc1cc(C(=O)NC2C3CC4CC2CN(C4)C3)ns1. The highest BCUT2D eigenvalue weighted by molar-refractivity contribution is 7.05. The van der Waals surface area contributed by atoms with Crippen LogP contribution in [0.1, 0.15) is 28.2 Å². The Balaban J connectivity index is 1.49. The third-order valence-corrected chi connectivity index (χ3v) is 5.64. The van der Waals surface area contributed by atoms with Gasteiger partial charge in [-0.3, -0.25) is 4.79 Å². The number of rotatable bonds is 2. The van der Waals surface area contributed by atoms with Crippen molar-refractivity contribution in [1.82, 2.24) is 14.6 Å². The Kier molecular flexibility index (Phi) is 2.67. The first kappa shape index (κ1) is 11.9. The molecule has 4 bridgehead atoms. The van der Waals surface area contributed by atoms with Crippen LogP contribution < -0.4 is 5.32 Å². The van der Waals surface area contributed by atoms with E-state index in [9.17, 15) is 4.79 Å². The van der Waals surface area contributed by atoms with Gasteiger partial charge in [-0.25, -0.2) is 0 Å². The Morgan fingerprint density at radius 2 is 2.11 bits per heavy atom. The number of carbonyl (C=O) groups is 1. The van der Waals surface area contributed by atoms with Crippen molar-refractivity contribution in [3.63, 3.8) is 0 Å². The molecule has 4 nitrogen and oxygen atoms in total. The van der Waals surface area contributed by atoms with Gasteiger partial charge in [-0.15, -0.1) is 0 Å². The van der Waals surface area contributed by atoms with Gasteiger partial charge in [-0.1, -0.05) is 0 Å². The maximum absolute atomic E-state index is 12.3. The molecule has 19 heavy (non-hydrogen) atoms. The van der Waals surface area contributed by atoms with Crippen molar-refractivity contribution in [3.05, 3.63) is 16.6 Å². The second-order valence-electron chi connectivity index (χ2n) is 6.40. The summed E-state index contributed by atoms with van der Waals surface area (Å²) in [5.74, 6) is 2.23. The number of aryl methyl sites for hydroxylation is 1. The number of aromatic nitrogens is 1. The van der Waals surface area contributed by atoms with Crippen LogP contribution in [0.25, 0.3) is 0 Å². The summed E-state index contributed by atoms with van der Waals surface area (Å²) in [6.07, 6.45) is 2.60. The number of carbonyl (C=O) groups excluding carboxylic acids is 1. The zero-order chi connectivity index (χ0) is 13.0. The largest absolute Gasteiger partial charge is 0.347 e. The van der Waals surface area contributed by atoms with Crippen LogP contribution in [0.5, 0.6) is 0 Å². The van der Waals surface area contributed by atoms with Crippen molar-refractivity contribution in [2.45, 2.75) is 25.8 Å². The molecule has 3 aliphatic heterocycles. The van der Waals surface area contributed by atoms with Crippen LogP contribution in [0.4, 0.5) is 0 Å². The van der Waals surface area contributed by atoms with Gasteiger partial charge in [0.1, 0.15) is 5.69 Å². The Bertz CT molecular complexity index is 485. The molecular formula is C14H19N3OS. The van der Waals surface area contributed by atoms with Crippen LogP contribution in [0.2, 0.25) is 0 Å². The van der Waals surface area contributed by atoms with Gasteiger partial charge in [0.15, 0.2) is 0 Å². The van der Waals surface area contributed by atoms with E-state index in [4.69, 9.17) is 0 Å². The molecule has 102 valence electrons. The molecule has 5 heteroatoms. The summed E-state index contributed by atoms with van der Waals surface area (Å²) >= 11 is 1.40. The van der Waals surface area contributed by atoms with Crippen LogP contribution >= 0.6 is 11.5 Å². The topological polar surface area (TPSA) is 45.2 Å².